The number of nitrogens with two attached hydrogens (primary N) is 1. The van der Waals surface area contributed by atoms with Gasteiger partial charge in [-0.05, 0) is 113 Å². The smallest absolute Gasteiger partial charge is 0.768 e. The number of halogens is 1. The Bertz CT molecular complexity index is 2740. The second kappa shape index (κ2) is 33.6. The van der Waals surface area contributed by atoms with Gasteiger partial charge in [-0.15, -0.1) is 11.6 Å². The standard InChI is InChI=1S/C17H19NO4S2.C9H10O3S.C7H10N2O2S.C6H6O2S.C3H5ClO.C2H6O.Na/c1-14-8-10-17(11-9-14)24(21,22)13-18-15(2)12-23(19,20)16-6-4-3-5-7-16;1-8(10)7-13(11,12)9-5-3-2-4-6-9;1-6-2-4-7(5-3-6)12(10,11)9-8;7-9(8)6-4-2-1-3-5-6;1-3(5)2-4;1-2-3;/h3-11H,12-13H2,1-2H3;2-6H,7H2,1H3;2-5,9H,8H2,1H3;1-5H,(H,7,8);2H2,1H3;3H,2H2,1H3;/q;;;;;;+1/p-1. The number of aliphatic hydroxyl groups is 1. The number of carbonyl (C=O) groups excluding carboxylic acids is 2. The van der Waals surface area contributed by atoms with Crippen molar-refractivity contribution in [2.75, 3.05) is 29.9 Å². The minimum Gasteiger partial charge on any atom is -0.768 e. The molecule has 5 aromatic carbocycles. The van der Waals surface area contributed by atoms with Crippen molar-refractivity contribution in [3.05, 3.63) is 151 Å². The van der Waals surface area contributed by atoms with Crippen LogP contribution in [0.4, 0.5) is 0 Å². The molecule has 0 amide bonds. The molecule has 0 fully saturated rings. The molecule has 0 saturated heterocycles. The van der Waals surface area contributed by atoms with Crippen LogP contribution in [-0.4, -0.2) is 94.7 Å². The van der Waals surface area contributed by atoms with Gasteiger partial charge in [-0.2, -0.15) is 4.83 Å². The van der Waals surface area contributed by atoms with Gasteiger partial charge >= 0.3 is 29.6 Å². The summed E-state index contributed by atoms with van der Waals surface area (Å²) in [6, 6.07) is 37.1. The van der Waals surface area contributed by atoms with Gasteiger partial charge in [0, 0.05) is 17.2 Å². The molecule has 1 atom stereocenters. The number of aliphatic imine (C=N–C) groups is 1. The van der Waals surface area contributed by atoms with E-state index in [0.29, 0.717) is 4.90 Å². The number of carbonyl (C=O) groups is 2. The van der Waals surface area contributed by atoms with Gasteiger partial charge in [0.2, 0.25) is 0 Å². The number of sulfone groups is 3. The molecule has 5 rings (SSSR count). The molecule has 4 N–H and O–H groups in total. The summed E-state index contributed by atoms with van der Waals surface area (Å²) >= 11 is 2.91. The summed E-state index contributed by atoms with van der Waals surface area (Å²) in [5.41, 5.74) is 2.23. The maximum Gasteiger partial charge on any atom is 1.00 e. The third-order valence-electron chi connectivity index (χ3n) is 7.49. The minimum absolute atomic E-state index is 0. The van der Waals surface area contributed by atoms with E-state index in [1.165, 1.54) is 69.3 Å². The van der Waals surface area contributed by atoms with Gasteiger partial charge in [0.15, 0.2) is 29.5 Å². The first-order valence-electron chi connectivity index (χ1n) is 19.2. The van der Waals surface area contributed by atoms with Gasteiger partial charge in [0.1, 0.15) is 23.2 Å². The average molecular weight is 1050 g/mol. The molecule has 0 spiro atoms. The van der Waals surface area contributed by atoms with Crippen LogP contribution >= 0.6 is 11.6 Å². The number of aryl methyl sites for hydroxylation is 2. The van der Waals surface area contributed by atoms with E-state index in [-0.39, 0.29) is 84.7 Å². The van der Waals surface area contributed by atoms with E-state index in [2.05, 4.69) is 4.99 Å². The Hall–Kier alpha value is -3.81. The van der Waals surface area contributed by atoms with Gasteiger partial charge in [0.25, 0.3) is 10.0 Å². The van der Waals surface area contributed by atoms with Crippen LogP contribution in [0.2, 0.25) is 0 Å². The third-order valence-corrected chi connectivity index (χ3v) is 14.8. The van der Waals surface area contributed by atoms with Crippen LogP contribution in [0, 0.1) is 13.8 Å². The Morgan fingerprint density at radius 1 is 0.612 bits per heavy atom. The van der Waals surface area contributed by atoms with Gasteiger partial charge in [-0.3, -0.25) is 24.6 Å². The van der Waals surface area contributed by atoms with Crippen LogP contribution in [0.3, 0.4) is 0 Å². The predicted molar refractivity (Wildman–Crippen MR) is 257 cm³/mol. The summed E-state index contributed by atoms with van der Waals surface area (Å²) in [4.78, 5) is 27.1. The molecular weight excluding hydrogens is 997 g/mol. The summed E-state index contributed by atoms with van der Waals surface area (Å²) in [5, 5.41) is 7.57. The summed E-state index contributed by atoms with van der Waals surface area (Å²) < 4.78 is 114. The van der Waals surface area contributed by atoms with Crippen LogP contribution in [0.1, 0.15) is 38.8 Å². The molecule has 1 unspecified atom stereocenters. The van der Waals surface area contributed by atoms with Crippen LogP contribution in [0.5, 0.6) is 0 Å². The molecule has 5 aromatic rings. The SMILES string of the molecule is CC(=O)CCl.CC(=O)CS(=O)(=O)c1ccccc1.CC(CS(=O)(=O)c1ccccc1)=NCS(=O)(=O)c1ccc(C)cc1.CCO.Cc1ccc(S(=O)(=O)NN)cc1.O=S([O-])c1ccccc1.[Na+]. The first kappa shape index (κ1) is 65.3. The van der Waals surface area contributed by atoms with Crippen molar-refractivity contribution in [2.24, 2.45) is 10.8 Å². The first-order chi connectivity index (χ1) is 30.8. The van der Waals surface area contributed by atoms with E-state index in [4.69, 9.17) is 22.6 Å². The topological polar surface area (TPSA) is 281 Å². The number of nitrogens with zero attached hydrogens (tertiary/aromatic N) is 1. The summed E-state index contributed by atoms with van der Waals surface area (Å²) in [5.74, 6) is 3.46. The van der Waals surface area contributed by atoms with Crippen molar-refractivity contribution in [2.45, 2.75) is 66.0 Å². The Labute approximate surface area is 424 Å². The summed E-state index contributed by atoms with van der Waals surface area (Å²) in [6.07, 6.45) is 0. The second-order valence-corrected chi connectivity index (χ2v) is 22.3. The maximum atomic E-state index is 12.2. The Balaban J connectivity index is 0. The molecule has 67 heavy (non-hydrogen) atoms. The molecule has 23 heteroatoms. The molecule has 0 aliphatic rings. The van der Waals surface area contributed by atoms with Crippen LogP contribution < -0.4 is 40.2 Å². The number of rotatable bonds is 13. The van der Waals surface area contributed by atoms with E-state index < -0.39 is 62.2 Å². The molecule has 16 nitrogen and oxygen atoms in total. The van der Waals surface area contributed by atoms with Crippen LogP contribution in [0.25, 0.3) is 0 Å². The number of aliphatic hydroxyl groups excluding tert-OH is 1. The molecule has 0 bridgehead atoms. The van der Waals surface area contributed by atoms with Crippen molar-refractivity contribution in [3.8, 4) is 0 Å². The number of hydrogen-bond donors (Lipinski definition) is 3. The second-order valence-electron chi connectivity index (χ2n) is 13.4. The van der Waals surface area contributed by atoms with Crippen molar-refractivity contribution in [3.63, 3.8) is 0 Å². The molecule has 0 aliphatic heterocycles. The van der Waals surface area contributed by atoms with E-state index in [1.807, 2.05) is 13.8 Å². The molecular formula is C44H55ClN3NaO13S5. The fraction of sp³-hybridized carbons (Fsp3) is 0.250. The monoisotopic (exact) mass is 1050 g/mol. The molecule has 0 aromatic heterocycles. The zero-order valence-corrected chi connectivity index (χ0v) is 44.9. The quantitative estimate of drug-likeness (QED) is 0.0382. The Morgan fingerprint density at radius 2 is 0.940 bits per heavy atom. The van der Waals surface area contributed by atoms with E-state index in [1.54, 1.807) is 103 Å². The number of ketones is 2. The van der Waals surface area contributed by atoms with Gasteiger partial charge < -0.3 is 9.66 Å². The normalized spacial score (nSPS) is 11.5. The number of nitrogens with one attached hydrogen (secondary N) is 1. The zero-order chi connectivity index (χ0) is 50.6. The van der Waals surface area contributed by atoms with Crippen molar-refractivity contribution in [1.29, 1.82) is 0 Å². The van der Waals surface area contributed by atoms with Crippen molar-refractivity contribution < 1.29 is 86.7 Å². The fourth-order valence-corrected chi connectivity index (χ4v) is 9.10. The van der Waals surface area contributed by atoms with Gasteiger partial charge in [-0.25, -0.2) is 33.7 Å². The van der Waals surface area contributed by atoms with Gasteiger partial charge in [0.05, 0.1) is 31.2 Å². The van der Waals surface area contributed by atoms with E-state index in [0.717, 1.165) is 11.1 Å². The molecule has 0 saturated carbocycles. The Morgan fingerprint density at radius 3 is 1.25 bits per heavy atom. The summed E-state index contributed by atoms with van der Waals surface area (Å²) in [7, 11) is -14.0. The molecule has 362 valence electrons. The molecule has 0 heterocycles. The van der Waals surface area contributed by atoms with Crippen molar-refractivity contribution in [1.82, 2.24) is 4.83 Å². The summed E-state index contributed by atoms with van der Waals surface area (Å²) in [6.45, 7) is 9.91. The van der Waals surface area contributed by atoms with E-state index in [9.17, 15) is 52.0 Å². The Kier molecular flexibility index (Phi) is 32.8. The molecule has 0 aliphatic carbocycles. The van der Waals surface area contributed by atoms with Crippen molar-refractivity contribution >= 4 is 79.5 Å². The maximum absolute atomic E-state index is 12.2. The number of alkyl halides is 1. The average Bonchev–Trinajstić information content (AvgIpc) is 3.27. The van der Waals surface area contributed by atoms with Gasteiger partial charge in [-0.1, -0.05) is 90.0 Å². The number of benzene rings is 5. The van der Waals surface area contributed by atoms with E-state index >= 15 is 0 Å². The zero-order valence-electron chi connectivity index (χ0n) is 38.1. The van der Waals surface area contributed by atoms with Crippen LogP contribution in [-0.2, 0) is 60.2 Å². The largest absolute Gasteiger partial charge is 1.00 e. The number of sulfonamides is 1. The number of Topliss-reactive ketones (excluding diaryl/α,β-unsaturated/α-hetero) is 2. The minimum atomic E-state index is -3.57. The fourth-order valence-electron chi connectivity index (χ4n) is 4.34. The third kappa shape index (κ3) is 28.3. The molecule has 0 radical (unpaired) electrons. The number of hydrogen-bond acceptors (Lipinski definition) is 15. The van der Waals surface area contributed by atoms with Crippen LogP contribution in [0.15, 0.2) is 169 Å². The first-order valence-corrected chi connectivity index (χ1v) is 27.3. The predicted octanol–water partition coefficient (Wildman–Crippen LogP) is 2.60. The number of hydrazine groups is 1.